The van der Waals surface area contributed by atoms with E-state index >= 15 is 0 Å². The highest BCUT2D eigenvalue weighted by Crippen LogP contribution is 2.38. The predicted octanol–water partition coefficient (Wildman–Crippen LogP) is 0.291. The van der Waals surface area contributed by atoms with Crippen LogP contribution in [0.5, 0.6) is 11.5 Å². The minimum absolute atomic E-state index is 0.00370. The normalized spacial score (nSPS) is 20.0. The number of hydrogen-bond donors (Lipinski definition) is 1. The summed E-state index contributed by atoms with van der Waals surface area (Å²) in [5.41, 5.74) is 5.83. The Morgan fingerprint density at radius 3 is 2.50 bits per heavy atom. The minimum Gasteiger partial charge on any atom is -0.493 e. The molecule has 8 heteroatoms. The molecule has 1 amide bonds. The summed E-state index contributed by atoms with van der Waals surface area (Å²) in [6.45, 7) is 3.53. The van der Waals surface area contributed by atoms with Gasteiger partial charge in [-0.2, -0.15) is 4.31 Å². The minimum atomic E-state index is -3.87. The third-order valence-corrected chi connectivity index (χ3v) is 5.51. The van der Waals surface area contributed by atoms with E-state index in [9.17, 15) is 13.2 Å². The van der Waals surface area contributed by atoms with Gasteiger partial charge in [-0.1, -0.05) is 6.08 Å². The predicted molar refractivity (Wildman–Crippen MR) is 80.3 cm³/mol. The molecule has 0 saturated carbocycles. The summed E-state index contributed by atoms with van der Waals surface area (Å²) < 4.78 is 36.9. The Kier molecular flexibility index (Phi) is 4.43. The molecule has 2 N–H and O–H groups in total. The molecule has 0 saturated heterocycles. The molecule has 1 atom stereocenters. The number of hydrogen-bond acceptors (Lipinski definition) is 5. The van der Waals surface area contributed by atoms with Crippen molar-refractivity contribution in [1.29, 1.82) is 0 Å². The summed E-state index contributed by atoms with van der Waals surface area (Å²) >= 11 is 0. The molecule has 1 aliphatic rings. The van der Waals surface area contributed by atoms with Gasteiger partial charge < -0.3 is 15.2 Å². The summed E-state index contributed by atoms with van der Waals surface area (Å²) in [6, 6.07) is 2.01. The first-order valence-corrected chi connectivity index (χ1v) is 7.97. The van der Waals surface area contributed by atoms with Crippen molar-refractivity contribution in [2.45, 2.75) is 17.4 Å². The van der Waals surface area contributed by atoms with Gasteiger partial charge in [-0.3, -0.25) is 4.79 Å². The summed E-state index contributed by atoms with van der Waals surface area (Å²) in [5, 5.41) is 0. The van der Waals surface area contributed by atoms with Crippen LogP contribution in [0.4, 0.5) is 0 Å². The number of sulfonamides is 1. The van der Waals surface area contributed by atoms with Crippen LogP contribution < -0.4 is 15.2 Å². The zero-order valence-electron chi connectivity index (χ0n) is 12.4. The van der Waals surface area contributed by atoms with E-state index in [2.05, 4.69) is 6.58 Å². The van der Waals surface area contributed by atoms with E-state index in [1.165, 1.54) is 26.4 Å². The molecule has 0 fully saturated rings. The average Bonchev–Trinajstić information content (AvgIpc) is 2.48. The fraction of sp³-hybridized carbons (Fsp3) is 0.357. The molecular formula is C14H18N2O5S. The monoisotopic (exact) mass is 326 g/mol. The number of ether oxygens (including phenoxy) is 2. The van der Waals surface area contributed by atoms with Crippen molar-refractivity contribution >= 4 is 15.9 Å². The zero-order chi connectivity index (χ0) is 16.5. The molecule has 1 heterocycles. The lowest BCUT2D eigenvalue weighted by Gasteiger charge is -2.33. The van der Waals surface area contributed by atoms with Gasteiger partial charge in [-0.15, -0.1) is 6.58 Å². The maximum Gasteiger partial charge on any atom is 0.244 e. The lowest BCUT2D eigenvalue weighted by atomic mass is 10.0. The van der Waals surface area contributed by atoms with Gasteiger partial charge >= 0.3 is 0 Å². The number of benzene rings is 1. The summed E-state index contributed by atoms with van der Waals surface area (Å²) in [6.07, 6.45) is 1.59. The maximum absolute atomic E-state index is 12.8. The lowest BCUT2D eigenvalue weighted by Crippen LogP contribution is -2.51. The number of fused-ring (bicyclic) bond motifs is 1. The number of carbonyl (C=O) groups excluding carboxylic acids is 1. The van der Waals surface area contributed by atoms with Crippen molar-refractivity contribution in [3.05, 3.63) is 30.4 Å². The molecule has 7 nitrogen and oxygen atoms in total. The standard InChI is InChI=1S/C14H18N2O5S/c1-4-5-16-10(14(15)17)6-9-7-11(20-2)12(21-3)8-13(9)22(16,18)19/h4,7-8,10H,1,5-6H2,2-3H3,(H2,15,17). The molecule has 0 aliphatic carbocycles. The van der Waals surface area contributed by atoms with Crippen LogP contribution in [0, 0.1) is 0 Å². The van der Waals surface area contributed by atoms with Gasteiger partial charge in [0.15, 0.2) is 11.5 Å². The zero-order valence-corrected chi connectivity index (χ0v) is 13.2. The van der Waals surface area contributed by atoms with Crippen LogP contribution in [0.1, 0.15) is 5.56 Å². The maximum atomic E-state index is 12.8. The van der Waals surface area contributed by atoms with Crippen LogP contribution in [0.15, 0.2) is 29.7 Å². The van der Waals surface area contributed by atoms with Gasteiger partial charge in [-0.05, 0) is 18.1 Å². The van der Waals surface area contributed by atoms with Gasteiger partial charge in [0, 0.05) is 12.6 Å². The van der Waals surface area contributed by atoms with Gasteiger partial charge in [0.05, 0.1) is 19.1 Å². The Morgan fingerprint density at radius 2 is 2.00 bits per heavy atom. The first-order chi connectivity index (χ1) is 10.4. The Hall–Kier alpha value is -2.06. The van der Waals surface area contributed by atoms with Crippen LogP contribution in [0.2, 0.25) is 0 Å². The molecular weight excluding hydrogens is 308 g/mol. The van der Waals surface area contributed by atoms with E-state index in [4.69, 9.17) is 15.2 Å². The third-order valence-electron chi connectivity index (χ3n) is 3.55. The van der Waals surface area contributed by atoms with E-state index in [-0.39, 0.29) is 17.9 Å². The second-order valence-corrected chi connectivity index (χ2v) is 6.66. The highest BCUT2D eigenvalue weighted by atomic mass is 32.2. The highest BCUT2D eigenvalue weighted by Gasteiger charge is 2.41. The largest absolute Gasteiger partial charge is 0.493 e. The fourth-order valence-electron chi connectivity index (χ4n) is 2.50. The van der Waals surface area contributed by atoms with E-state index < -0.39 is 22.0 Å². The van der Waals surface area contributed by atoms with Crippen LogP contribution in [0.3, 0.4) is 0 Å². The number of carbonyl (C=O) groups is 1. The summed E-state index contributed by atoms with van der Waals surface area (Å²) in [5.74, 6) is 0.00334. The number of rotatable bonds is 5. The quantitative estimate of drug-likeness (QED) is 0.784. The molecule has 2 rings (SSSR count). The first-order valence-electron chi connectivity index (χ1n) is 6.53. The summed E-state index contributed by atoms with van der Waals surface area (Å²) in [7, 11) is -0.992. The second kappa shape index (κ2) is 5.98. The van der Waals surface area contributed by atoms with Gasteiger partial charge in [-0.25, -0.2) is 8.42 Å². The molecule has 1 unspecified atom stereocenters. The first kappa shape index (κ1) is 16.3. The molecule has 0 radical (unpaired) electrons. The smallest absolute Gasteiger partial charge is 0.244 e. The van der Waals surface area contributed by atoms with Crippen molar-refractivity contribution < 1.29 is 22.7 Å². The Balaban J connectivity index is 2.67. The second-order valence-electron chi connectivity index (χ2n) is 4.80. The van der Waals surface area contributed by atoms with Crippen molar-refractivity contribution in [2.75, 3.05) is 20.8 Å². The number of nitrogens with zero attached hydrogens (tertiary/aromatic N) is 1. The Morgan fingerprint density at radius 1 is 1.41 bits per heavy atom. The number of amides is 1. The van der Waals surface area contributed by atoms with Crippen molar-refractivity contribution in [2.24, 2.45) is 5.73 Å². The Bertz CT molecular complexity index is 714. The molecule has 22 heavy (non-hydrogen) atoms. The lowest BCUT2D eigenvalue weighted by molar-refractivity contribution is -0.121. The molecule has 1 aromatic carbocycles. The van der Waals surface area contributed by atoms with Crippen molar-refractivity contribution in [3.8, 4) is 11.5 Å². The fourth-order valence-corrected chi connectivity index (χ4v) is 4.30. The van der Waals surface area contributed by atoms with E-state index in [0.29, 0.717) is 17.1 Å². The topological polar surface area (TPSA) is 98.9 Å². The molecule has 1 aliphatic heterocycles. The molecule has 0 aromatic heterocycles. The van der Waals surface area contributed by atoms with E-state index in [0.717, 1.165) is 4.31 Å². The van der Waals surface area contributed by atoms with Crippen LogP contribution >= 0.6 is 0 Å². The van der Waals surface area contributed by atoms with Crippen LogP contribution in [-0.4, -0.2) is 45.4 Å². The number of primary amides is 1. The summed E-state index contributed by atoms with van der Waals surface area (Å²) in [4.78, 5) is 11.7. The SMILES string of the molecule is C=CCN1C(C(N)=O)Cc2cc(OC)c(OC)cc2S1(=O)=O. The number of nitrogens with two attached hydrogens (primary N) is 1. The molecule has 120 valence electrons. The van der Waals surface area contributed by atoms with Crippen molar-refractivity contribution in [3.63, 3.8) is 0 Å². The van der Waals surface area contributed by atoms with Crippen LogP contribution in [0.25, 0.3) is 0 Å². The molecule has 0 spiro atoms. The van der Waals surface area contributed by atoms with Gasteiger partial charge in [0.1, 0.15) is 6.04 Å². The van der Waals surface area contributed by atoms with E-state index in [1.54, 1.807) is 6.07 Å². The molecule has 0 bridgehead atoms. The molecule has 1 aromatic rings. The Labute approximate surface area is 129 Å². The number of methoxy groups -OCH3 is 2. The van der Waals surface area contributed by atoms with E-state index in [1.807, 2.05) is 0 Å². The van der Waals surface area contributed by atoms with Crippen LogP contribution in [-0.2, 0) is 21.2 Å². The van der Waals surface area contributed by atoms with Gasteiger partial charge in [0.25, 0.3) is 0 Å². The average molecular weight is 326 g/mol. The van der Waals surface area contributed by atoms with Crippen molar-refractivity contribution in [1.82, 2.24) is 4.31 Å². The third kappa shape index (κ3) is 2.55. The highest BCUT2D eigenvalue weighted by molar-refractivity contribution is 7.89. The van der Waals surface area contributed by atoms with Gasteiger partial charge in [0.2, 0.25) is 15.9 Å².